The van der Waals surface area contributed by atoms with Gasteiger partial charge in [0.2, 0.25) is 0 Å². The van der Waals surface area contributed by atoms with Crippen LogP contribution < -0.4 is 0 Å². The van der Waals surface area contributed by atoms with Crippen molar-refractivity contribution < 1.29 is 0 Å². The van der Waals surface area contributed by atoms with Crippen molar-refractivity contribution in [3.63, 3.8) is 0 Å². The summed E-state index contributed by atoms with van der Waals surface area (Å²) in [5.41, 5.74) is 0. The number of nitrogens with zero attached hydrogens (tertiary/aromatic N) is 1. The summed E-state index contributed by atoms with van der Waals surface area (Å²) in [6, 6.07) is 1.45. The van der Waals surface area contributed by atoms with E-state index in [2.05, 4.69) is 37.1 Å². The molecule has 1 rings (SSSR count). The second-order valence-electron chi connectivity index (χ2n) is 3.22. The first-order valence-corrected chi connectivity index (χ1v) is 5.35. The molecule has 1 aliphatic rings. The second kappa shape index (κ2) is 4.17. The fourth-order valence-electron chi connectivity index (χ4n) is 1.54. The molecular weight excluding hydrogens is 154 g/mol. The van der Waals surface area contributed by atoms with Crippen LogP contribution in [-0.4, -0.2) is 35.0 Å². The highest BCUT2D eigenvalue weighted by Crippen LogP contribution is 2.20. The van der Waals surface area contributed by atoms with Crippen LogP contribution in [0.2, 0.25) is 0 Å². The first kappa shape index (κ1) is 9.14. The normalized spacial score (nSPS) is 33.6. The smallest absolute Gasteiger partial charge is 0.0166 e. The van der Waals surface area contributed by atoms with Gasteiger partial charge in [-0.15, -0.1) is 6.58 Å². The van der Waals surface area contributed by atoms with Crippen molar-refractivity contribution in [2.24, 2.45) is 0 Å². The first-order chi connectivity index (χ1) is 5.25. The van der Waals surface area contributed by atoms with Crippen LogP contribution in [0.1, 0.15) is 13.8 Å². The van der Waals surface area contributed by atoms with Gasteiger partial charge in [0.1, 0.15) is 0 Å². The summed E-state index contributed by atoms with van der Waals surface area (Å²) in [7, 11) is 0. The molecule has 1 heterocycles. The fraction of sp³-hybridized carbons (Fsp3) is 0.778. The zero-order chi connectivity index (χ0) is 8.27. The summed E-state index contributed by atoms with van der Waals surface area (Å²) in [5.74, 6) is 2.55. The van der Waals surface area contributed by atoms with Crippen molar-refractivity contribution in [1.29, 1.82) is 0 Å². The van der Waals surface area contributed by atoms with Gasteiger partial charge in [0.25, 0.3) is 0 Å². The predicted octanol–water partition coefficient (Wildman–Crippen LogP) is 2.00. The summed E-state index contributed by atoms with van der Waals surface area (Å²) in [6.45, 7) is 9.42. The largest absolute Gasteiger partial charge is 0.293 e. The van der Waals surface area contributed by atoms with Crippen LogP contribution in [0.4, 0.5) is 0 Å². The van der Waals surface area contributed by atoms with Gasteiger partial charge >= 0.3 is 0 Å². The Balaban J connectivity index is 2.47. The molecule has 0 radical (unpaired) electrons. The molecule has 64 valence electrons. The average molecular weight is 171 g/mol. The Morgan fingerprint density at radius 1 is 1.45 bits per heavy atom. The Morgan fingerprint density at radius 2 is 2.00 bits per heavy atom. The first-order valence-electron chi connectivity index (χ1n) is 4.20. The molecule has 0 aromatic heterocycles. The Labute approximate surface area is 73.8 Å². The maximum absolute atomic E-state index is 3.78. The van der Waals surface area contributed by atoms with Crippen molar-refractivity contribution >= 4 is 11.8 Å². The van der Waals surface area contributed by atoms with Crippen molar-refractivity contribution in [3.05, 3.63) is 12.7 Å². The lowest BCUT2D eigenvalue weighted by Crippen LogP contribution is -2.46. The Hall–Kier alpha value is 0.0500. The van der Waals surface area contributed by atoms with Gasteiger partial charge < -0.3 is 0 Å². The Kier molecular flexibility index (Phi) is 3.46. The van der Waals surface area contributed by atoms with Crippen LogP contribution in [0.3, 0.4) is 0 Å². The molecule has 11 heavy (non-hydrogen) atoms. The van der Waals surface area contributed by atoms with Gasteiger partial charge in [0.05, 0.1) is 0 Å². The van der Waals surface area contributed by atoms with E-state index in [9.17, 15) is 0 Å². The van der Waals surface area contributed by atoms with E-state index >= 15 is 0 Å². The summed E-state index contributed by atoms with van der Waals surface area (Å²) in [6.07, 6.45) is 2.00. The van der Waals surface area contributed by atoms with E-state index in [0.717, 1.165) is 18.6 Å². The highest BCUT2D eigenvalue weighted by Gasteiger charge is 2.23. The molecule has 0 aromatic rings. The van der Waals surface area contributed by atoms with Crippen LogP contribution in [-0.2, 0) is 0 Å². The van der Waals surface area contributed by atoms with Gasteiger partial charge in [-0.2, -0.15) is 11.8 Å². The lowest BCUT2D eigenvalue weighted by molar-refractivity contribution is 0.195. The van der Waals surface area contributed by atoms with Crippen LogP contribution in [0.5, 0.6) is 0 Å². The van der Waals surface area contributed by atoms with E-state index < -0.39 is 0 Å². The van der Waals surface area contributed by atoms with E-state index in [1.54, 1.807) is 0 Å². The molecule has 1 aliphatic heterocycles. The molecular formula is C9H17NS. The average Bonchev–Trinajstić information content (AvgIpc) is 1.97. The molecule has 0 aromatic carbocycles. The van der Waals surface area contributed by atoms with Gasteiger partial charge in [-0.3, -0.25) is 4.90 Å². The molecule has 0 spiro atoms. The predicted molar refractivity (Wildman–Crippen MR) is 53.2 cm³/mol. The minimum absolute atomic E-state index is 0.724. The van der Waals surface area contributed by atoms with Gasteiger partial charge in [0, 0.05) is 30.1 Å². The minimum atomic E-state index is 0.724. The highest BCUT2D eigenvalue weighted by molar-refractivity contribution is 7.99. The zero-order valence-electron chi connectivity index (χ0n) is 7.42. The maximum Gasteiger partial charge on any atom is 0.0166 e. The fourth-order valence-corrected chi connectivity index (χ4v) is 2.75. The molecule has 0 aliphatic carbocycles. The van der Waals surface area contributed by atoms with Crippen molar-refractivity contribution in [3.8, 4) is 0 Å². The van der Waals surface area contributed by atoms with Gasteiger partial charge in [-0.05, 0) is 13.8 Å². The van der Waals surface area contributed by atoms with E-state index in [4.69, 9.17) is 0 Å². The van der Waals surface area contributed by atoms with Crippen LogP contribution in [0, 0.1) is 0 Å². The lowest BCUT2D eigenvalue weighted by atomic mass is 10.2. The highest BCUT2D eigenvalue weighted by atomic mass is 32.2. The van der Waals surface area contributed by atoms with E-state index in [-0.39, 0.29) is 0 Å². The van der Waals surface area contributed by atoms with Crippen molar-refractivity contribution in [2.45, 2.75) is 25.9 Å². The van der Waals surface area contributed by atoms with Crippen LogP contribution in [0.25, 0.3) is 0 Å². The monoisotopic (exact) mass is 171 g/mol. The molecule has 2 atom stereocenters. The van der Waals surface area contributed by atoms with Crippen molar-refractivity contribution in [1.82, 2.24) is 4.90 Å². The third-order valence-electron chi connectivity index (χ3n) is 2.19. The summed E-state index contributed by atoms with van der Waals surface area (Å²) >= 11 is 2.06. The van der Waals surface area contributed by atoms with E-state index in [0.29, 0.717) is 0 Å². The summed E-state index contributed by atoms with van der Waals surface area (Å²) < 4.78 is 0. The SMILES string of the molecule is C=CCN1C(C)CSCC1C. The number of rotatable bonds is 2. The van der Waals surface area contributed by atoms with Gasteiger partial charge in [-0.1, -0.05) is 6.08 Å². The quantitative estimate of drug-likeness (QED) is 0.585. The van der Waals surface area contributed by atoms with Gasteiger partial charge in [-0.25, -0.2) is 0 Å². The van der Waals surface area contributed by atoms with E-state index in [1.165, 1.54) is 11.5 Å². The minimum Gasteiger partial charge on any atom is -0.293 e. The molecule has 1 nitrogen and oxygen atoms in total. The zero-order valence-corrected chi connectivity index (χ0v) is 8.23. The third-order valence-corrected chi connectivity index (χ3v) is 3.63. The molecule has 0 bridgehead atoms. The molecule has 0 saturated carbocycles. The van der Waals surface area contributed by atoms with E-state index in [1.807, 2.05) is 6.08 Å². The van der Waals surface area contributed by atoms with Crippen molar-refractivity contribution in [2.75, 3.05) is 18.1 Å². The number of hydrogen-bond donors (Lipinski definition) is 0. The van der Waals surface area contributed by atoms with Crippen LogP contribution >= 0.6 is 11.8 Å². The topological polar surface area (TPSA) is 3.24 Å². The number of hydrogen-bond acceptors (Lipinski definition) is 2. The lowest BCUT2D eigenvalue weighted by Gasteiger charge is -2.37. The molecule has 1 fully saturated rings. The molecule has 0 amide bonds. The molecule has 0 N–H and O–H groups in total. The third kappa shape index (κ3) is 2.24. The molecule has 2 unspecified atom stereocenters. The molecule has 2 heteroatoms. The Bertz CT molecular complexity index is 126. The summed E-state index contributed by atoms with van der Waals surface area (Å²) in [4.78, 5) is 2.52. The second-order valence-corrected chi connectivity index (χ2v) is 4.30. The summed E-state index contributed by atoms with van der Waals surface area (Å²) in [5, 5.41) is 0. The maximum atomic E-state index is 3.78. The Morgan fingerprint density at radius 3 is 2.45 bits per heavy atom. The number of thioether (sulfide) groups is 1. The van der Waals surface area contributed by atoms with Crippen LogP contribution in [0.15, 0.2) is 12.7 Å². The standard InChI is InChI=1S/C9H17NS/c1-4-5-10-8(2)6-11-7-9(10)3/h4,8-9H,1,5-7H2,2-3H3. The molecule has 1 saturated heterocycles. The van der Waals surface area contributed by atoms with Gasteiger partial charge in [0.15, 0.2) is 0 Å².